The Bertz CT molecular complexity index is 451. The van der Waals surface area contributed by atoms with Crippen molar-refractivity contribution in [1.82, 2.24) is 9.80 Å². The lowest BCUT2D eigenvalue weighted by atomic mass is 10.0. The molecule has 1 aromatic rings. The van der Waals surface area contributed by atoms with Crippen LogP contribution in [0, 0.1) is 0 Å². The zero-order valence-electron chi connectivity index (χ0n) is 11.6. The summed E-state index contributed by atoms with van der Waals surface area (Å²) in [7, 11) is 0. The van der Waals surface area contributed by atoms with Gasteiger partial charge in [0.25, 0.3) is 0 Å². The van der Waals surface area contributed by atoms with Crippen molar-refractivity contribution in [1.29, 1.82) is 0 Å². The fourth-order valence-electron chi connectivity index (χ4n) is 2.96. The molecular weight excluding hydrogens is 256 g/mol. The Balaban J connectivity index is 1.48. The van der Waals surface area contributed by atoms with Crippen molar-refractivity contribution < 1.29 is 4.79 Å². The number of rotatable bonds is 4. The summed E-state index contributed by atoms with van der Waals surface area (Å²) in [5.74, 6) is 0.353. The molecule has 0 radical (unpaired) electrons. The van der Waals surface area contributed by atoms with Crippen LogP contribution in [-0.4, -0.2) is 41.4 Å². The van der Waals surface area contributed by atoms with E-state index in [1.54, 1.807) is 4.88 Å². The van der Waals surface area contributed by atoms with Crippen LogP contribution in [0.3, 0.4) is 0 Å². The molecule has 1 aromatic heterocycles. The van der Waals surface area contributed by atoms with E-state index in [0.717, 1.165) is 45.4 Å². The summed E-state index contributed by atoms with van der Waals surface area (Å²) in [6, 6.07) is 2.85. The molecule has 3 heterocycles. The minimum atomic E-state index is 0.353. The van der Waals surface area contributed by atoms with Crippen LogP contribution in [0.5, 0.6) is 0 Å². The average Bonchev–Trinajstić information content (AvgIpc) is 2.82. The summed E-state index contributed by atoms with van der Waals surface area (Å²) in [5.41, 5.74) is 1.51. The topological polar surface area (TPSA) is 23.6 Å². The number of hydrogen-bond donors (Lipinski definition) is 0. The van der Waals surface area contributed by atoms with Crippen LogP contribution in [0.15, 0.2) is 11.4 Å². The molecule has 3 nitrogen and oxygen atoms in total. The molecule has 3 rings (SSSR count). The van der Waals surface area contributed by atoms with Crippen molar-refractivity contribution in [3.63, 3.8) is 0 Å². The summed E-state index contributed by atoms with van der Waals surface area (Å²) in [6.45, 7) is 6.28. The van der Waals surface area contributed by atoms with Gasteiger partial charge in [-0.3, -0.25) is 9.69 Å². The highest BCUT2D eigenvalue weighted by Gasteiger charge is 2.35. The Morgan fingerprint density at radius 3 is 3.11 bits per heavy atom. The van der Waals surface area contributed by atoms with Crippen LogP contribution in [0.2, 0.25) is 0 Å². The molecule has 1 amide bonds. The average molecular weight is 278 g/mol. The number of unbranched alkanes of at least 4 members (excludes halogenated alkanes) is 1. The van der Waals surface area contributed by atoms with Crippen LogP contribution in [0.4, 0.5) is 0 Å². The van der Waals surface area contributed by atoms with Crippen LogP contribution in [0.1, 0.15) is 36.6 Å². The van der Waals surface area contributed by atoms with Gasteiger partial charge in [-0.1, -0.05) is 13.3 Å². The summed E-state index contributed by atoms with van der Waals surface area (Å²) < 4.78 is 0. The van der Waals surface area contributed by atoms with Crippen LogP contribution >= 0.6 is 11.3 Å². The number of nitrogens with zero attached hydrogens (tertiary/aromatic N) is 2. The first kappa shape index (κ1) is 13.1. The van der Waals surface area contributed by atoms with Gasteiger partial charge in [0.15, 0.2) is 0 Å². The summed E-state index contributed by atoms with van der Waals surface area (Å²) in [6.07, 6.45) is 4.06. The van der Waals surface area contributed by atoms with E-state index in [2.05, 4.69) is 23.3 Å². The van der Waals surface area contributed by atoms with E-state index in [0.29, 0.717) is 11.9 Å². The SMILES string of the molecule is CCCCC(=O)N1CC(N2CCc3sccc3C2)C1. The minimum Gasteiger partial charge on any atom is -0.339 e. The number of carbonyl (C=O) groups excluding carboxylic acids is 1. The van der Waals surface area contributed by atoms with Crippen LogP contribution < -0.4 is 0 Å². The second-order valence-corrected chi connectivity index (χ2v) is 6.65. The van der Waals surface area contributed by atoms with Gasteiger partial charge in [0, 0.05) is 43.5 Å². The van der Waals surface area contributed by atoms with Crippen molar-refractivity contribution in [2.24, 2.45) is 0 Å². The maximum absolute atomic E-state index is 11.9. The third kappa shape index (κ3) is 2.70. The van der Waals surface area contributed by atoms with Gasteiger partial charge in [-0.25, -0.2) is 0 Å². The molecular formula is C15H22N2OS. The predicted molar refractivity (Wildman–Crippen MR) is 78.3 cm³/mol. The maximum atomic E-state index is 11.9. The van der Waals surface area contributed by atoms with Crippen molar-refractivity contribution in [3.8, 4) is 0 Å². The Labute approximate surface area is 119 Å². The molecule has 1 fully saturated rings. The van der Waals surface area contributed by atoms with E-state index in [-0.39, 0.29) is 0 Å². The van der Waals surface area contributed by atoms with Crippen molar-refractivity contribution >= 4 is 17.2 Å². The lowest BCUT2D eigenvalue weighted by molar-refractivity contribution is -0.139. The van der Waals surface area contributed by atoms with Gasteiger partial charge in [0.2, 0.25) is 5.91 Å². The minimum absolute atomic E-state index is 0.353. The number of amides is 1. The zero-order valence-corrected chi connectivity index (χ0v) is 12.4. The first-order chi connectivity index (χ1) is 9.28. The molecule has 0 N–H and O–H groups in total. The fraction of sp³-hybridized carbons (Fsp3) is 0.667. The number of fused-ring (bicyclic) bond motifs is 1. The quantitative estimate of drug-likeness (QED) is 0.845. The molecule has 4 heteroatoms. The highest BCUT2D eigenvalue weighted by atomic mass is 32.1. The molecule has 1 saturated heterocycles. The molecule has 0 aliphatic carbocycles. The first-order valence-corrected chi connectivity index (χ1v) is 8.23. The van der Waals surface area contributed by atoms with Crippen molar-refractivity contribution in [3.05, 3.63) is 21.9 Å². The highest BCUT2D eigenvalue weighted by Crippen LogP contribution is 2.27. The number of hydrogen-bond acceptors (Lipinski definition) is 3. The molecule has 19 heavy (non-hydrogen) atoms. The van der Waals surface area contributed by atoms with Gasteiger partial charge < -0.3 is 4.90 Å². The Kier molecular flexibility index (Phi) is 3.89. The molecule has 104 valence electrons. The molecule has 0 unspecified atom stereocenters. The smallest absolute Gasteiger partial charge is 0.222 e. The highest BCUT2D eigenvalue weighted by molar-refractivity contribution is 7.10. The maximum Gasteiger partial charge on any atom is 0.222 e. The Morgan fingerprint density at radius 2 is 2.32 bits per heavy atom. The number of likely N-dealkylation sites (tertiary alicyclic amines) is 1. The van der Waals surface area contributed by atoms with Crippen molar-refractivity contribution in [2.75, 3.05) is 19.6 Å². The third-order valence-electron chi connectivity index (χ3n) is 4.31. The molecule has 0 aromatic carbocycles. The van der Waals surface area contributed by atoms with Gasteiger partial charge >= 0.3 is 0 Å². The van der Waals surface area contributed by atoms with Gasteiger partial charge in [-0.05, 0) is 29.9 Å². The molecule has 0 spiro atoms. The standard InChI is InChI=1S/C15H22N2OS/c1-2-3-4-15(18)17-10-13(11-17)16-7-5-14-12(9-16)6-8-19-14/h6,8,13H,2-5,7,9-11H2,1H3. The van der Waals surface area contributed by atoms with E-state index in [1.165, 1.54) is 12.0 Å². The lowest BCUT2D eigenvalue weighted by Crippen LogP contribution is -2.61. The Hall–Kier alpha value is -0.870. The van der Waals surface area contributed by atoms with E-state index in [4.69, 9.17) is 0 Å². The molecule has 0 bridgehead atoms. The third-order valence-corrected chi connectivity index (χ3v) is 5.34. The van der Waals surface area contributed by atoms with E-state index in [9.17, 15) is 4.79 Å². The van der Waals surface area contributed by atoms with Gasteiger partial charge in [-0.2, -0.15) is 0 Å². The van der Waals surface area contributed by atoms with Crippen molar-refractivity contribution in [2.45, 2.75) is 45.2 Å². The predicted octanol–water partition coefficient (Wildman–Crippen LogP) is 2.51. The second kappa shape index (κ2) is 5.63. The first-order valence-electron chi connectivity index (χ1n) is 7.35. The summed E-state index contributed by atoms with van der Waals surface area (Å²) >= 11 is 1.89. The fourth-order valence-corrected chi connectivity index (χ4v) is 3.85. The Morgan fingerprint density at radius 1 is 1.47 bits per heavy atom. The lowest BCUT2D eigenvalue weighted by Gasteiger charge is -2.46. The largest absolute Gasteiger partial charge is 0.339 e. The van der Waals surface area contributed by atoms with Gasteiger partial charge in [-0.15, -0.1) is 11.3 Å². The van der Waals surface area contributed by atoms with E-state index in [1.807, 2.05) is 16.2 Å². The molecule has 2 aliphatic heterocycles. The summed E-state index contributed by atoms with van der Waals surface area (Å²) in [4.78, 5) is 18.0. The van der Waals surface area contributed by atoms with Crippen LogP contribution in [0.25, 0.3) is 0 Å². The normalized spacial score (nSPS) is 20.2. The second-order valence-electron chi connectivity index (χ2n) is 5.65. The molecule has 2 aliphatic rings. The number of carbonyl (C=O) groups is 1. The zero-order chi connectivity index (χ0) is 13.2. The molecule has 0 atom stereocenters. The van der Waals surface area contributed by atoms with E-state index >= 15 is 0 Å². The number of thiophene rings is 1. The summed E-state index contributed by atoms with van der Waals surface area (Å²) in [5, 5.41) is 2.20. The molecule has 0 saturated carbocycles. The van der Waals surface area contributed by atoms with Gasteiger partial charge in [0.05, 0.1) is 0 Å². The van der Waals surface area contributed by atoms with E-state index < -0.39 is 0 Å². The van der Waals surface area contributed by atoms with Crippen LogP contribution in [-0.2, 0) is 17.8 Å². The monoisotopic (exact) mass is 278 g/mol. The van der Waals surface area contributed by atoms with Gasteiger partial charge in [0.1, 0.15) is 0 Å².